The van der Waals surface area contributed by atoms with E-state index in [1.807, 2.05) is 36.4 Å². The van der Waals surface area contributed by atoms with Crippen molar-refractivity contribution in [3.8, 4) is 0 Å². The number of hydrogen-bond donors (Lipinski definition) is 4. The zero-order valence-corrected chi connectivity index (χ0v) is 27.3. The highest BCUT2D eigenvalue weighted by Crippen LogP contribution is 2.30. The number of ether oxygens (including phenoxy) is 1. The van der Waals surface area contributed by atoms with E-state index in [4.69, 9.17) is 39.5 Å². The van der Waals surface area contributed by atoms with Crippen LogP contribution in [0.2, 0.25) is 15.1 Å². The fraction of sp³-hybridized carbons (Fsp3) is 0.200. The Hall–Kier alpha value is -4.57. The minimum Gasteiger partial charge on any atom is -0.459 e. The van der Waals surface area contributed by atoms with E-state index in [1.54, 1.807) is 42.5 Å². The third-order valence-electron chi connectivity index (χ3n) is 7.59. The molecule has 47 heavy (non-hydrogen) atoms. The predicted molar refractivity (Wildman–Crippen MR) is 181 cm³/mol. The van der Waals surface area contributed by atoms with E-state index in [0.29, 0.717) is 5.02 Å². The van der Waals surface area contributed by atoms with Crippen molar-refractivity contribution in [1.29, 1.82) is 0 Å². The Morgan fingerprint density at radius 3 is 2.23 bits per heavy atom. The molecule has 4 amide bonds. The fourth-order valence-corrected chi connectivity index (χ4v) is 6.09. The maximum Gasteiger partial charge on any atom is 0.330 e. The molecule has 2 atom stereocenters. The standard InChI is InChI=1S/C35H31Cl3N4O5/c36-25-11-6-9-22(15-25)18-39-32(43)24-16-27(37)31(28(38)17-24)33(44)41-30(34(45)47-20-21-7-2-1-3-8-21)19-40-35(46)42-29-14-13-23-10-4-5-12-26(23)29/h1-12,15-17,29-30H,13-14,18-20H2,(H,39,43)(H,41,44)(H2,40,42,46)/t29-,30+/m1/s1. The Balaban J connectivity index is 1.25. The molecule has 0 aromatic heterocycles. The van der Waals surface area contributed by atoms with Gasteiger partial charge in [0.2, 0.25) is 0 Å². The number of carbonyl (C=O) groups excluding carboxylic acids is 4. The average Bonchev–Trinajstić information content (AvgIpc) is 3.47. The number of hydrogen-bond acceptors (Lipinski definition) is 5. The van der Waals surface area contributed by atoms with Gasteiger partial charge in [-0.3, -0.25) is 9.59 Å². The first kappa shape index (κ1) is 33.8. The van der Waals surface area contributed by atoms with E-state index in [1.165, 1.54) is 17.7 Å². The Labute approximate surface area is 286 Å². The lowest BCUT2D eigenvalue weighted by Crippen LogP contribution is -2.51. The van der Waals surface area contributed by atoms with Crippen LogP contribution in [0.15, 0.2) is 91.0 Å². The maximum atomic E-state index is 13.4. The van der Waals surface area contributed by atoms with Crippen LogP contribution in [0.1, 0.15) is 55.4 Å². The van der Waals surface area contributed by atoms with Crippen molar-refractivity contribution in [2.75, 3.05) is 6.54 Å². The predicted octanol–water partition coefficient (Wildman–Crippen LogP) is 6.41. The van der Waals surface area contributed by atoms with E-state index < -0.39 is 29.9 Å². The SMILES string of the molecule is O=C(NC[C@H](NC(=O)c1c(Cl)cc(C(=O)NCc2cccc(Cl)c2)cc1Cl)C(=O)OCc1ccccc1)N[C@@H]1CCc2ccccc21. The summed E-state index contributed by atoms with van der Waals surface area (Å²) in [7, 11) is 0. The van der Waals surface area contributed by atoms with Crippen LogP contribution in [0.4, 0.5) is 4.79 Å². The van der Waals surface area contributed by atoms with Gasteiger partial charge >= 0.3 is 12.0 Å². The average molecular weight is 694 g/mol. The smallest absolute Gasteiger partial charge is 0.330 e. The molecule has 242 valence electrons. The van der Waals surface area contributed by atoms with Crippen molar-refractivity contribution in [3.05, 3.63) is 139 Å². The molecule has 0 fully saturated rings. The van der Waals surface area contributed by atoms with Crippen molar-refractivity contribution in [3.63, 3.8) is 0 Å². The second kappa shape index (κ2) is 15.8. The topological polar surface area (TPSA) is 126 Å². The number of nitrogens with one attached hydrogen (secondary N) is 4. The van der Waals surface area contributed by atoms with Crippen LogP contribution >= 0.6 is 34.8 Å². The quantitative estimate of drug-likeness (QED) is 0.135. The highest BCUT2D eigenvalue weighted by atomic mass is 35.5. The van der Waals surface area contributed by atoms with Gasteiger partial charge < -0.3 is 26.0 Å². The summed E-state index contributed by atoms with van der Waals surface area (Å²) >= 11 is 18.9. The van der Waals surface area contributed by atoms with Crippen LogP contribution in [0.25, 0.3) is 0 Å². The van der Waals surface area contributed by atoms with Crippen LogP contribution < -0.4 is 21.3 Å². The minimum atomic E-state index is -1.29. The molecule has 4 aromatic carbocycles. The summed E-state index contributed by atoms with van der Waals surface area (Å²) in [5.41, 5.74) is 3.73. The van der Waals surface area contributed by atoms with E-state index in [2.05, 4.69) is 21.3 Å². The zero-order valence-electron chi connectivity index (χ0n) is 25.0. The van der Waals surface area contributed by atoms with Gasteiger partial charge in [-0.05, 0) is 59.4 Å². The number of fused-ring (bicyclic) bond motifs is 1. The summed E-state index contributed by atoms with van der Waals surface area (Å²) in [6, 6.07) is 24.6. The van der Waals surface area contributed by atoms with Gasteiger partial charge in [0.25, 0.3) is 11.8 Å². The fourth-order valence-electron chi connectivity index (χ4n) is 5.22. The number of halogens is 3. The second-order valence-electron chi connectivity index (χ2n) is 10.9. The molecule has 0 saturated carbocycles. The zero-order chi connectivity index (χ0) is 33.3. The maximum absolute atomic E-state index is 13.4. The van der Waals surface area contributed by atoms with Crippen LogP contribution in [0.3, 0.4) is 0 Å². The van der Waals surface area contributed by atoms with Gasteiger partial charge in [0.15, 0.2) is 0 Å². The van der Waals surface area contributed by atoms with Gasteiger partial charge in [-0.15, -0.1) is 0 Å². The Morgan fingerprint density at radius 2 is 1.49 bits per heavy atom. The molecule has 9 nitrogen and oxygen atoms in total. The largest absolute Gasteiger partial charge is 0.459 e. The lowest BCUT2D eigenvalue weighted by atomic mass is 10.1. The van der Waals surface area contributed by atoms with Gasteiger partial charge in [-0.1, -0.05) is 102 Å². The molecule has 0 unspecified atom stereocenters. The number of benzene rings is 4. The highest BCUT2D eigenvalue weighted by molar-refractivity contribution is 6.40. The lowest BCUT2D eigenvalue weighted by Gasteiger charge is -2.21. The monoisotopic (exact) mass is 692 g/mol. The number of amides is 4. The Bertz CT molecular complexity index is 1760. The van der Waals surface area contributed by atoms with Gasteiger partial charge in [0.1, 0.15) is 12.6 Å². The molecular weight excluding hydrogens is 663 g/mol. The van der Waals surface area contributed by atoms with Crippen molar-refractivity contribution in [2.45, 2.75) is 38.1 Å². The molecule has 0 bridgehead atoms. The first-order valence-electron chi connectivity index (χ1n) is 14.8. The van der Waals surface area contributed by atoms with Crippen LogP contribution in [-0.2, 0) is 29.1 Å². The molecule has 0 radical (unpaired) electrons. The van der Waals surface area contributed by atoms with E-state index in [-0.39, 0.29) is 46.9 Å². The summed E-state index contributed by atoms with van der Waals surface area (Å²) in [4.78, 5) is 52.3. The van der Waals surface area contributed by atoms with Crippen molar-refractivity contribution < 1.29 is 23.9 Å². The number of aryl methyl sites for hydroxylation is 1. The van der Waals surface area contributed by atoms with Crippen molar-refractivity contribution in [2.24, 2.45) is 0 Å². The molecule has 1 aliphatic carbocycles. The molecule has 0 spiro atoms. The highest BCUT2D eigenvalue weighted by Gasteiger charge is 2.28. The van der Waals surface area contributed by atoms with E-state index in [0.717, 1.165) is 29.5 Å². The second-order valence-corrected chi connectivity index (χ2v) is 12.1. The van der Waals surface area contributed by atoms with Gasteiger partial charge in [0, 0.05) is 17.1 Å². The number of esters is 1. The minimum absolute atomic E-state index is 0.0440. The molecule has 4 N–H and O–H groups in total. The first-order chi connectivity index (χ1) is 22.7. The summed E-state index contributed by atoms with van der Waals surface area (Å²) in [5.74, 6) is -2.04. The normalized spacial score (nSPS) is 14.0. The Morgan fingerprint density at radius 1 is 0.787 bits per heavy atom. The van der Waals surface area contributed by atoms with Crippen LogP contribution in [-0.4, -0.2) is 36.4 Å². The molecule has 1 aliphatic rings. The molecule has 0 saturated heterocycles. The third kappa shape index (κ3) is 9.04. The summed E-state index contributed by atoms with van der Waals surface area (Å²) in [5, 5.41) is 11.3. The molecule has 5 rings (SSSR count). The summed E-state index contributed by atoms with van der Waals surface area (Å²) < 4.78 is 5.47. The van der Waals surface area contributed by atoms with Gasteiger partial charge in [-0.25, -0.2) is 9.59 Å². The summed E-state index contributed by atoms with van der Waals surface area (Å²) in [6.45, 7) is -0.117. The van der Waals surface area contributed by atoms with Crippen molar-refractivity contribution >= 4 is 58.6 Å². The van der Waals surface area contributed by atoms with Crippen LogP contribution in [0.5, 0.6) is 0 Å². The van der Waals surface area contributed by atoms with Crippen LogP contribution in [0, 0.1) is 0 Å². The lowest BCUT2D eigenvalue weighted by molar-refractivity contribution is -0.147. The van der Waals surface area contributed by atoms with Crippen molar-refractivity contribution in [1.82, 2.24) is 21.3 Å². The number of rotatable bonds is 11. The van der Waals surface area contributed by atoms with E-state index in [9.17, 15) is 19.2 Å². The summed E-state index contributed by atoms with van der Waals surface area (Å²) in [6.07, 6.45) is 1.59. The number of carbonyl (C=O) groups is 4. The van der Waals surface area contributed by atoms with E-state index >= 15 is 0 Å². The molecule has 4 aromatic rings. The van der Waals surface area contributed by atoms with Gasteiger partial charge in [0.05, 0.1) is 28.2 Å². The molecule has 0 aliphatic heterocycles. The Kier molecular flexibility index (Phi) is 11.4. The molecular formula is C35H31Cl3N4O5. The molecule has 0 heterocycles. The molecule has 12 heteroatoms. The number of urea groups is 1. The third-order valence-corrected chi connectivity index (χ3v) is 8.42. The first-order valence-corrected chi connectivity index (χ1v) is 16.0. The van der Waals surface area contributed by atoms with Gasteiger partial charge in [-0.2, -0.15) is 0 Å².